The number of benzene rings is 1. The number of hydrogen-bond donors (Lipinski definition) is 2. The second-order valence-corrected chi connectivity index (χ2v) is 4.95. The highest BCUT2D eigenvalue weighted by Crippen LogP contribution is 2.30. The summed E-state index contributed by atoms with van der Waals surface area (Å²) >= 11 is 6.17. The zero-order valence-corrected chi connectivity index (χ0v) is 11.2. The molecule has 18 heavy (non-hydrogen) atoms. The van der Waals surface area contributed by atoms with Crippen LogP contribution in [-0.2, 0) is 0 Å². The second-order valence-electron chi connectivity index (χ2n) is 4.55. The summed E-state index contributed by atoms with van der Waals surface area (Å²) in [5, 5.41) is 12.2. The van der Waals surface area contributed by atoms with Crippen LogP contribution in [0.25, 0.3) is 0 Å². The highest BCUT2D eigenvalue weighted by atomic mass is 35.5. The van der Waals surface area contributed by atoms with Crippen LogP contribution < -0.4 is 10.6 Å². The van der Waals surface area contributed by atoms with Gasteiger partial charge in [-0.25, -0.2) is 0 Å². The van der Waals surface area contributed by atoms with Crippen LogP contribution in [0.15, 0.2) is 23.4 Å². The van der Waals surface area contributed by atoms with Gasteiger partial charge < -0.3 is 15.8 Å². The Labute approximate surface area is 112 Å². The summed E-state index contributed by atoms with van der Waals surface area (Å²) in [6, 6.07) is 6.27. The molecule has 98 valence electrons. The molecular weight excluding hydrogens is 250 g/mol. The highest BCUT2D eigenvalue weighted by molar-refractivity contribution is 6.34. The fraction of sp³-hybridized carbons (Fsp3) is 0.462. The minimum atomic E-state index is 0.0417. The van der Waals surface area contributed by atoms with E-state index < -0.39 is 0 Å². The van der Waals surface area contributed by atoms with Crippen molar-refractivity contribution < 1.29 is 5.21 Å². The Kier molecular flexibility index (Phi) is 3.97. The Morgan fingerprint density at radius 3 is 3.00 bits per heavy atom. The summed E-state index contributed by atoms with van der Waals surface area (Å²) in [5.41, 5.74) is 7.23. The quantitative estimate of drug-likeness (QED) is 0.383. The number of oxime groups is 1. The molecule has 1 aliphatic rings. The zero-order valence-electron chi connectivity index (χ0n) is 10.4. The van der Waals surface area contributed by atoms with E-state index in [-0.39, 0.29) is 5.84 Å². The van der Waals surface area contributed by atoms with Gasteiger partial charge in [0.1, 0.15) is 0 Å². The average Bonchev–Trinajstić information content (AvgIpc) is 2.86. The second kappa shape index (κ2) is 5.48. The lowest BCUT2D eigenvalue weighted by molar-refractivity contribution is 0.318. The van der Waals surface area contributed by atoms with Crippen LogP contribution >= 0.6 is 11.6 Å². The molecule has 0 spiro atoms. The fourth-order valence-electron chi connectivity index (χ4n) is 2.54. The van der Waals surface area contributed by atoms with Crippen molar-refractivity contribution in [2.24, 2.45) is 10.9 Å². The first-order valence-corrected chi connectivity index (χ1v) is 6.59. The van der Waals surface area contributed by atoms with Crippen molar-refractivity contribution in [1.29, 1.82) is 0 Å². The standard InChI is InChI=1S/C13H18ClN3O/c1-2-9-4-3-7-17(9)10-5-6-11(12(14)8-10)13(15)16-18/h5-6,8-9,18H,2-4,7H2,1H3,(H2,15,16). The molecule has 3 N–H and O–H groups in total. The lowest BCUT2D eigenvalue weighted by atomic mass is 10.1. The first-order chi connectivity index (χ1) is 8.67. The Morgan fingerprint density at radius 2 is 2.39 bits per heavy atom. The van der Waals surface area contributed by atoms with Crippen LogP contribution in [0.4, 0.5) is 5.69 Å². The van der Waals surface area contributed by atoms with E-state index in [1.54, 1.807) is 6.07 Å². The molecule has 0 bridgehead atoms. The van der Waals surface area contributed by atoms with Crippen molar-refractivity contribution in [2.45, 2.75) is 32.2 Å². The topological polar surface area (TPSA) is 61.8 Å². The Hall–Kier alpha value is -1.42. The molecule has 2 rings (SSSR count). The van der Waals surface area contributed by atoms with Gasteiger partial charge in [-0.3, -0.25) is 0 Å². The van der Waals surface area contributed by atoms with Gasteiger partial charge >= 0.3 is 0 Å². The maximum Gasteiger partial charge on any atom is 0.171 e. The third-order valence-corrected chi connectivity index (χ3v) is 3.83. The van der Waals surface area contributed by atoms with E-state index in [0.717, 1.165) is 18.7 Å². The largest absolute Gasteiger partial charge is 0.409 e. The minimum absolute atomic E-state index is 0.0417. The summed E-state index contributed by atoms with van der Waals surface area (Å²) in [6.45, 7) is 3.27. The number of halogens is 1. The van der Waals surface area contributed by atoms with E-state index in [9.17, 15) is 0 Å². The smallest absolute Gasteiger partial charge is 0.171 e. The van der Waals surface area contributed by atoms with Gasteiger partial charge in [0.25, 0.3) is 0 Å². The molecule has 4 nitrogen and oxygen atoms in total. The van der Waals surface area contributed by atoms with E-state index in [1.807, 2.05) is 12.1 Å². The molecule has 1 atom stereocenters. The van der Waals surface area contributed by atoms with Crippen molar-refractivity contribution >= 4 is 23.1 Å². The summed E-state index contributed by atoms with van der Waals surface area (Å²) in [7, 11) is 0. The Bertz CT molecular complexity index is 462. The van der Waals surface area contributed by atoms with Gasteiger partial charge in [-0.1, -0.05) is 23.7 Å². The number of nitrogens with zero attached hydrogens (tertiary/aromatic N) is 2. The van der Waals surface area contributed by atoms with Gasteiger partial charge in [0.05, 0.1) is 5.02 Å². The monoisotopic (exact) mass is 267 g/mol. The van der Waals surface area contributed by atoms with Crippen molar-refractivity contribution in [3.05, 3.63) is 28.8 Å². The number of hydrogen-bond acceptors (Lipinski definition) is 3. The molecule has 0 saturated carbocycles. The van der Waals surface area contributed by atoms with Crippen LogP contribution in [0.3, 0.4) is 0 Å². The molecule has 1 unspecified atom stereocenters. The number of nitrogens with two attached hydrogens (primary N) is 1. The molecule has 1 aliphatic heterocycles. The van der Waals surface area contributed by atoms with Crippen molar-refractivity contribution in [2.75, 3.05) is 11.4 Å². The van der Waals surface area contributed by atoms with Crippen LogP contribution in [0.2, 0.25) is 5.02 Å². The molecule has 0 amide bonds. The summed E-state index contributed by atoms with van der Waals surface area (Å²) in [4.78, 5) is 2.38. The molecule has 5 heteroatoms. The van der Waals surface area contributed by atoms with Crippen molar-refractivity contribution in [3.8, 4) is 0 Å². The molecule has 0 radical (unpaired) electrons. The van der Waals surface area contributed by atoms with Crippen LogP contribution in [0.5, 0.6) is 0 Å². The third-order valence-electron chi connectivity index (χ3n) is 3.52. The fourth-order valence-corrected chi connectivity index (χ4v) is 2.82. The van der Waals surface area contributed by atoms with E-state index in [0.29, 0.717) is 16.6 Å². The molecule has 0 aliphatic carbocycles. The molecule has 1 fully saturated rings. The van der Waals surface area contributed by atoms with Gasteiger partial charge in [-0.15, -0.1) is 0 Å². The number of amidine groups is 1. The first-order valence-electron chi connectivity index (χ1n) is 6.21. The SMILES string of the molecule is CCC1CCCN1c1ccc(C(N)=NO)c(Cl)c1. The van der Waals surface area contributed by atoms with Crippen LogP contribution in [0.1, 0.15) is 31.7 Å². The van der Waals surface area contributed by atoms with E-state index in [4.69, 9.17) is 22.5 Å². The van der Waals surface area contributed by atoms with Gasteiger partial charge in [0.15, 0.2) is 5.84 Å². The van der Waals surface area contributed by atoms with Gasteiger partial charge in [-0.05, 0) is 37.5 Å². The van der Waals surface area contributed by atoms with Gasteiger partial charge in [-0.2, -0.15) is 0 Å². The molecule has 1 heterocycles. The summed E-state index contributed by atoms with van der Waals surface area (Å²) < 4.78 is 0. The summed E-state index contributed by atoms with van der Waals surface area (Å²) in [5.74, 6) is 0.0417. The number of rotatable bonds is 3. The molecule has 0 aromatic heterocycles. The van der Waals surface area contributed by atoms with Gasteiger partial charge in [0, 0.05) is 23.8 Å². The molecule has 1 aromatic carbocycles. The normalized spacial score (nSPS) is 20.4. The average molecular weight is 268 g/mol. The minimum Gasteiger partial charge on any atom is -0.409 e. The van der Waals surface area contributed by atoms with Crippen LogP contribution in [-0.4, -0.2) is 23.6 Å². The summed E-state index contributed by atoms with van der Waals surface area (Å²) in [6.07, 6.45) is 3.59. The van der Waals surface area contributed by atoms with Gasteiger partial charge in [0.2, 0.25) is 0 Å². The molecule has 1 aromatic rings. The van der Waals surface area contributed by atoms with Crippen molar-refractivity contribution in [3.63, 3.8) is 0 Å². The molecule has 1 saturated heterocycles. The lowest BCUT2D eigenvalue weighted by Gasteiger charge is -2.26. The maximum absolute atomic E-state index is 8.67. The maximum atomic E-state index is 8.67. The zero-order chi connectivity index (χ0) is 13.1. The highest BCUT2D eigenvalue weighted by Gasteiger charge is 2.23. The van der Waals surface area contributed by atoms with Crippen molar-refractivity contribution in [1.82, 2.24) is 0 Å². The lowest BCUT2D eigenvalue weighted by Crippen LogP contribution is -2.28. The van der Waals surface area contributed by atoms with Crippen LogP contribution in [0, 0.1) is 0 Å². The van der Waals surface area contributed by atoms with E-state index >= 15 is 0 Å². The Morgan fingerprint density at radius 1 is 1.61 bits per heavy atom. The molecular formula is C13H18ClN3O. The third kappa shape index (κ3) is 2.38. The Balaban J connectivity index is 2.29. The predicted octanol–water partition coefficient (Wildman–Crippen LogP) is 2.81. The van der Waals surface area contributed by atoms with E-state index in [2.05, 4.69) is 17.0 Å². The number of anilines is 1. The first kappa shape index (κ1) is 13.0. The van der Waals surface area contributed by atoms with E-state index in [1.165, 1.54) is 12.8 Å². The predicted molar refractivity (Wildman–Crippen MR) is 74.6 cm³/mol.